The number of anilines is 1. The number of nitrogens with two attached hydrogens (primary N) is 2. The average molecular weight is 294 g/mol. The van der Waals surface area contributed by atoms with E-state index in [4.69, 9.17) is 16.3 Å². The van der Waals surface area contributed by atoms with Gasteiger partial charge in [0.1, 0.15) is 11.5 Å². The number of nitrogens with one attached hydrogen (secondary N) is 2. The number of hydrogen-bond acceptors (Lipinski definition) is 7. The second-order valence-corrected chi connectivity index (χ2v) is 4.96. The number of nitrogen functional groups attached to an aromatic ring is 1. The first-order valence-corrected chi connectivity index (χ1v) is 6.57. The Labute approximate surface area is 123 Å². The minimum atomic E-state index is -0.358. The molecule has 0 amide bonds. The van der Waals surface area contributed by atoms with Crippen LogP contribution in [0.4, 0.5) is 5.82 Å². The zero-order valence-electron chi connectivity index (χ0n) is 12.5. The number of methoxy groups -OCH3 is 1. The number of aromatic nitrogens is 4. The molecular weight excluding hydrogens is 272 g/mol. The number of aromatic amines is 1. The summed E-state index contributed by atoms with van der Waals surface area (Å²) in [5, 5.41) is 11.0. The fourth-order valence-electron chi connectivity index (χ4n) is 2.15. The first-order valence-electron chi connectivity index (χ1n) is 6.57. The predicted octanol–water partition coefficient (Wildman–Crippen LogP) is -0.689. The fraction of sp³-hybridized carbons (Fsp3) is 0.500. The van der Waals surface area contributed by atoms with Gasteiger partial charge in [0.2, 0.25) is 0 Å². The molecule has 6 N–H and O–H groups in total. The Balaban J connectivity index is 2.39. The molecule has 0 aliphatic rings. The van der Waals surface area contributed by atoms with Crippen molar-refractivity contribution in [2.24, 2.45) is 5.84 Å². The highest BCUT2D eigenvalue weighted by molar-refractivity contribution is 5.45. The minimum Gasteiger partial charge on any atom is -0.493 e. The summed E-state index contributed by atoms with van der Waals surface area (Å²) < 4.78 is 7.25. The fourth-order valence-corrected chi connectivity index (χ4v) is 2.15. The lowest BCUT2D eigenvalue weighted by atomic mass is 10.1. The second kappa shape index (κ2) is 6.57. The molecule has 1 atom stereocenters. The summed E-state index contributed by atoms with van der Waals surface area (Å²) in [6.07, 6.45) is 3.31. The smallest absolute Gasteiger partial charge is 0.161 e. The van der Waals surface area contributed by atoms with Gasteiger partial charge in [-0.25, -0.2) is 5.43 Å². The second-order valence-electron chi connectivity index (χ2n) is 4.96. The maximum Gasteiger partial charge on any atom is 0.161 e. The van der Waals surface area contributed by atoms with Crippen molar-refractivity contribution in [2.75, 3.05) is 33.5 Å². The van der Waals surface area contributed by atoms with Crippen molar-refractivity contribution in [1.29, 1.82) is 0 Å². The van der Waals surface area contributed by atoms with Gasteiger partial charge in [-0.2, -0.15) is 10.2 Å². The van der Waals surface area contributed by atoms with Crippen molar-refractivity contribution in [3.05, 3.63) is 23.7 Å². The molecule has 0 bridgehead atoms. The molecule has 9 nitrogen and oxygen atoms in total. The molecule has 2 heterocycles. The maximum atomic E-state index is 5.89. The Morgan fingerprint density at radius 3 is 2.76 bits per heavy atom. The van der Waals surface area contributed by atoms with E-state index in [0.29, 0.717) is 18.1 Å². The van der Waals surface area contributed by atoms with Crippen LogP contribution >= 0.6 is 0 Å². The van der Waals surface area contributed by atoms with Crippen LogP contribution in [0.1, 0.15) is 17.3 Å². The van der Waals surface area contributed by atoms with Crippen LogP contribution in [0.5, 0.6) is 5.75 Å². The van der Waals surface area contributed by atoms with Crippen molar-refractivity contribution in [3.63, 3.8) is 0 Å². The molecule has 2 rings (SSSR count). The molecule has 0 radical (unpaired) electrons. The van der Waals surface area contributed by atoms with Crippen LogP contribution in [-0.4, -0.2) is 52.6 Å². The highest BCUT2D eigenvalue weighted by Gasteiger charge is 2.25. The molecule has 1 unspecified atom stereocenters. The zero-order chi connectivity index (χ0) is 15.4. The molecular formula is C12H22N8O. The molecule has 9 heteroatoms. The van der Waals surface area contributed by atoms with E-state index in [2.05, 4.69) is 25.6 Å². The topological polar surface area (TPSA) is 123 Å². The van der Waals surface area contributed by atoms with Crippen LogP contribution in [-0.2, 0) is 6.54 Å². The molecule has 0 spiro atoms. The van der Waals surface area contributed by atoms with Crippen LogP contribution in [0.25, 0.3) is 0 Å². The highest BCUT2D eigenvalue weighted by atomic mass is 16.5. The van der Waals surface area contributed by atoms with Crippen molar-refractivity contribution in [2.45, 2.75) is 12.6 Å². The molecule has 0 fully saturated rings. The third-order valence-electron chi connectivity index (χ3n) is 3.27. The highest BCUT2D eigenvalue weighted by Crippen LogP contribution is 2.31. The largest absolute Gasteiger partial charge is 0.493 e. The average Bonchev–Trinajstić information content (AvgIpc) is 3.05. The van der Waals surface area contributed by atoms with Crippen molar-refractivity contribution in [3.8, 4) is 5.75 Å². The zero-order valence-corrected chi connectivity index (χ0v) is 12.5. The number of rotatable bonds is 7. The van der Waals surface area contributed by atoms with Gasteiger partial charge in [-0.1, -0.05) is 0 Å². The van der Waals surface area contributed by atoms with Crippen LogP contribution in [0.2, 0.25) is 0 Å². The molecule has 0 saturated carbocycles. The van der Waals surface area contributed by atoms with Gasteiger partial charge in [-0.3, -0.25) is 15.6 Å². The van der Waals surface area contributed by atoms with Gasteiger partial charge in [-0.05, 0) is 14.1 Å². The Morgan fingerprint density at radius 1 is 1.48 bits per heavy atom. The Bertz CT molecular complexity index is 576. The van der Waals surface area contributed by atoms with Gasteiger partial charge in [0.25, 0.3) is 0 Å². The number of H-pyrrole nitrogens is 1. The van der Waals surface area contributed by atoms with E-state index >= 15 is 0 Å². The Kier molecular flexibility index (Phi) is 4.78. The van der Waals surface area contributed by atoms with E-state index < -0.39 is 0 Å². The number of likely N-dealkylation sites (N-methyl/N-ethyl adjacent to an activating group) is 1. The van der Waals surface area contributed by atoms with Gasteiger partial charge >= 0.3 is 0 Å². The quantitative estimate of drug-likeness (QED) is 0.394. The van der Waals surface area contributed by atoms with Gasteiger partial charge in [0.15, 0.2) is 5.75 Å². The third kappa shape index (κ3) is 3.15. The molecule has 21 heavy (non-hydrogen) atoms. The van der Waals surface area contributed by atoms with Gasteiger partial charge in [0.05, 0.1) is 32.1 Å². The summed E-state index contributed by atoms with van der Waals surface area (Å²) in [6, 6.07) is -0.358. The molecule has 0 saturated heterocycles. The van der Waals surface area contributed by atoms with Crippen molar-refractivity contribution >= 4 is 5.82 Å². The molecule has 0 aromatic carbocycles. The molecule has 2 aromatic heterocycles. The van der Waals surface area contributed by atoms with Crippen LogP contribution in [0.15, 0.2) is 12.4 Å². The number of hydrogen-bond donors (Lipinski definition) is 4. The molecule has 116 valence electrons. The minimum absolute atomic E-state index is 0.358. The van der Waals surface area contributed by atoms with Crippen LogP contribution in [0, 0.1) is 0 Å². The predicted molar refractivity (Wildman–Crippen MR) is 79.5 cm³/mol. The van der Waals surface area contributed by atoms with E-state index in [1.165, 1.54) is 0 Å². The summed E-state index contributed by atoms with van der Waals surface area (Å²) in [6.45, 7) is 1.55. The summed E-state index contributed by atoms with van der Waals surface area (Å²) in [7, 11) is 5.61. The van der Waals surface area contributed by atoms with Crippen LogP contribution < -0.4 is 21.7 Å². The SMILES string of the molecule is COc1cnn(CCN(C)C)c1C(NN)c1cn[nH]c1N. The summed E-state index contributed by atoms with van der Waals surface area (Å²) in [5.41, 5.74) is 10.2. The Hall–Kier alpha value is -2.10. The molecule has 0 aliphatic heterocycles. The van der Waals surface area contributed by atoms with E-state index in [0.717, 1.165) is 17.8 Å². The lowest BCUT2D eigenvalue weighted by Gasteiger charge is -2.19. The van der Waals surface area contributed by atoms with Gasteiger partial charge in [-0.15, -0.1) is 0 Å². The number of nitrogens with zero attached hydrogens (tertiary/aromatic N) is 4. The first kappa shape index (κ1) is 15.3. The Morgan fingerprint density at radius 2 is 2.24 bits per heavy atom. The normalized spacial score (nSPS) is 12.8. The lowest BCUT2D eigenvalue weighted by Crippen LogP contribution is -2.32. The van der Waals surface area contributed by atoms with Gasteiger partial charge in [0, 0.05) is 12.1 Å². The van der Waals surface area contributed by atoms with E-state index in [-0.39, 0.29) is 6.04 Å². The first-order chi connectivity index (χ1) is 10.1. The van der Waals surface area contributed by atoms with E-state index in [9.17, 15) is 0 Å². The summed E-state index contributed by atoms with van der Waals surface area (Å²) >= 11 is 0. The molecule has 0 aliphatic carbocycles. The maximum absolute atomic E-state index is 5.89. The number of hydrazine groups is 1. The van der Waals surface area contributed by atoms with Crippen LogP contribution in [0.3, 0.4) is 0 Å². The van der Waals surface area contributed by atoms with Gasteiger partial charge < -0.3 is 15.4 Å². The van der Waals surface area contributed by atoms with E-state index in [1.54, 1.807) is 19.5 Å². The standard InChI is InChI=1S/C12H22N8O/c1-19(2)4-5-20-11(9(21-3)7-16-20)10(17-14)8-6-15-18-12(8)13/h6-7,10,17H,4-5,14H2,1-3H3,(H3,13,15,18). The monoisotopic (exact) mass is 294 g/mol. The third-order valence-corrected chi connectivity index (χ3v) is 3.27. The summed E-state index contributed by atoms with van der Waals surface area (Å²) in [5.74, 6) is 6.83. The van der Waals surface area contributed by atoms with Crippen molar-refractivity contribution < 1.29 is 4.74 Å². The van der Waals surface area contributed by atoms with E-state index in [1.807, 2.05) is 18.8 Å². The molecule has 2 aromatic rings. The summed E-state index contributed by atoms with van der Waals surface area (Å²) in [4.78, 5) is 2.08. The van der Waals surface area contributed by atoms with Crippen molar-refractivity contribution in [1.82, 2.24) is 30.3 Å². The lowest BCUT2D eigenvalue weighted by molar-refractivity contribution is 0.359. The number of ether oxygens (including phenoxy) is 1.